The average molecular weight is 587 g/mol. The van der Waals surface area contributed by atoms with E-state index in [2.05, 4.69) is 5.32 Å². The van der Waals surface area contributed by atoms with Crippen molar-refractivity contribution in [1.82, 2.24) is 10.2 Å². The van der Waals surface area contributed by atoms with Crippen molar-refractivity contribution in [3.63, 3.8) is 0 Å². The van der Waals surface area contributed by atoms with Crippen LogP contribution in [0.3, 0.4) is 0 Å². The van der Waals surface area contributed by atoms with Crippen LogP contribution in [0.1, 0.15) is 78.9 Å². The van der Waals surface area contributed by atoms with Gasteiger partial charge in [-0.3, -0.25) is 15.0 Å². The molecule has 0 aliphatic carbocycles. The minimum absolute atomic E-state index is 0. The highest BCUT2D eigenvalue weighted by Crippen LogP contribution is 2.44. The Morgan fingerprint density at radius 1 is 1.12 bits per heavy atom. The van der Waals surface area contributed by atoms with Crippen molar-refractivity contribution < 1.29 is 29.0 Å². The molecular formula is C30H39ClN4O6. The molecule has 0 atom stereocenters. The van der Waals surface area contributed by atoms with E-state index in [1.807, 2.05) is 33.8 Å². The summed E-state index contributed by atoms with van der Waals surface area (Å²) in [5, 5.41) is 21.3. The quantitative estimate of drug-likeness (QED) is 0.391. The number of ketones is 1. The predicted octanol–water partition coefficient (Wildman–Crippen LogP) is 4.25. The number of hydrogen-bond acceptors (Lipinski definition) is 7. The highest BCUT2D eigenvalue weighted by Gasteiger charge is 2.40. The number of Topliss-reactive ketones (excluding diaryl/α,β-unsaturated/α-hetero) is 1. The number of nitrogens with zero attached hydrogens (tertiary/aromatic N) is 2. The summed E-state index contributed by atoms with van der Waals surface area (Å²) in [4.78, 5) is 41.8. The van der Waals surface area contributed by atoms with Crippen LogP contribution in [0.2, 0.25) is 0 Å². The number of carboxylic acids is 1. The maximum Gasteiger partial charge on any atom is 0.328 e. The second-order valence-electron chi connectivity index (χ2n) is 11.6. The van der Waals surface area contributed by atoms with Crippen LogP contribution >= 0.6 is 12.4 Å². The van der Waals surface area contributed by atoms with Crippen molar-refractivity contribution in [3.05, 3.63) is 52.1 Å². The number of rotatable bonds is 8. The lowest BCUT2D eigenvalue weighted by atomic mass is 9.83. The highest BCUT2D eigenvalue weighted by atomic mass is 35.5. The van der Waals surface area contributed by atoms with Crippen LogP contribution < -0.4 is 19.7 Å². The fourth-order valence-corrected chi connectivity index (χ4v) is 5.15. The molecule has 2 heterocycles. The second-order valence-corrected chi connectivity index (χ2v) is 11.6. The molecule has 1 amide bonds. The van der Waals surface area contributed by atoms with Crippen LogP contribution in [0, 0.1) is 5.41 Å². The first-order valence-corrected chi connectivity index (χ1v) is 13.4. The topological polar surface area (TPSA) is 132 Å². The summed E-state index contributed by atoms with van der Waals surface area (Å²) in [6, 6.07) is 6.94. The minimum atomic E-state index is -1.21. The Labute approximate surface area is 246 Å². The number of ether oxygens (including phenoxy) is 2. The number of fused-ring (bicyclic) bond motifs is 2. The smallest absolute Gasteiger partial charge is 0.328 e. The Kier molecular flexibility index (Phi) is 8.98. The van der Waals surface area contributed by atoms with Gasteiger partial charge in [0.05, 0.1) is 30.9 Å². The van der Waals surface area contributed by atoms with E-state index in [1.165, 1.54) is 7.05 Å². The van der Waals surface area contributed by atoms with E-state index in [9.17, 15) is 19.5 Å². The fraction of sp³-hybridized carbons (Fsp3) is 0.467. The lowest BCUT2D eigenvalue weighted by Gasteiger charge is -2.42. The van der Waals surface area contributed by atoms with Crippen LogP contribution in [-0.4, -0.2) is 72.4 Å². The van der Waals surface area contributed by atoms with Gasteiger partial charge in [-0.2, -0.15) is 0 Å². The predicted molar refractivity (Wildman–Crippen MR) is 160 cm³/mol. The molecule has 0 bridgehead atoms. The monoisotopic (exact) mass is 586 g/mol. The van der Waals surface area contributed by atoms with Crippen molar-refractivity contribution in [2.24, 2.45) is 0 Å². The molecule has 11 heteroatoms. The number of benzene rings is 2. The molecule has 2 aliphatic heterocycles. The maximum atomic E-state index is 13.7. The van der Waals surface area contributed by atoms with Gasteiger partial charge < -0.3 is 29.7 Å². The Hall–Kier alpha value is -3.79. The number of anilines is 1. The molecule has 10 nitrogen and oxygen atoms in total. The summed E-state index contributed by atoms with van der Waals surface area (Å²) in [6.07, 6.45) is 0. The fourth-order valence-electron chi connectivity index (χ4n) is 5.15. The molecule has 3 N–H and O–H groups in total. The Balaban J connectivity index is 0.00000462. The number of nitrogens with one attached hydrogen (secondary N) is 2. The number of aliphatic carboxylic acids is 1. The van der Waals surface area contributed by atoms with Crippen molar-refractivity contribution in [1.29, 1.82) is 5.41 Å². The van der Waals surface area contributed by atoms with E-state index < -0.39 is 11.5 Å². The molecule has 0 spiro atoms. The molecule has 0 radical (unpaired) electrons. The Morgan fingerprint density at radius 2 is 1.80 bits per heavy atom. The standard InChI is InChI=1S/C30H38N4O6.ClH/c1-8-39-24-13-18-15-33(26(31)19(18)14-20(24)27(36)32-7)16-23(35)17-11-21(29(2,3)4)25-22(12-17)34(9-10-40-25)30(5,6)28(37)38;/h11-14,31H,8-10,15-16H2,1-7H3,(H,32,36)(H,37,38);1H. The van der Waals surface area contributed by atoms with Crippen LogP contribution in [0.25, 0.3) is 0 Å². The Bertz CT molecular complexity index is 1400. The summed E-state index contributed by atoms with van der Waals surface area (Å²) in [5.74, 6) is -0.305. The molecule has 0 unspecified atom stereocenters. The average Bonchev–Trinajstić information content (AvgIpc) is 3.19. The van der Waals surface area contributed by atoms with Crippen molar-refractivity contribution in [2.45, 2.75) is 59.0 Å². The van der Waals surface area contributed by atoms with Gasteiger partial charge in [-0.25, -0.2) is 4.79 Å². The number of carboxylic acid groups (broad SMARTS) is 1. The zero-order valence-corrected chi connectivity index (χ0v) is 25.5. The van der Waals surface area contributed by atoms with Crippen LogP contribution in [0.4, 0.5) is 5.69 Å². The zero-order chi connectivity index (χ0) is 29.6. The zero-order valence-electron chi connectivity index (χ0n) is 24.6. The molecule has 0 aromatic heterocycles. The SMILES string of the molecule is CCOc1cc2c(cc1C(=O)NC)C(=N)N(CC(=O)c1cc3c(c(C(C)(C)C)c1)OCCN3C(C)(C)C(=O)O)C2.Cl. The molecular weight excluding hydrogens is 548 g/mol. The molecule has 41 heavy (non-hydrogen) atoms. The first kappa shape index (κ1) is 31.7. The molecule has 222 valence electrons. The third kappa shape index (κ3) is 5.84. The molecule has 2 aliphatic rings. The van der Waals surface area contributed by atoms with Crippen LogP contribution in [0.15, 0.2) is 24.3 Å². The van der Waals surface area contributed by atoms with Gasteiger partial charge >= 0.3 is 5.97 Å². The third-order valence-corrected chi connectivity index (χ3v) is 7.49. The molecule has 0 fully saturated rings. The lowest BCUT2D eigenvalue weighted by molar-refractivity contribution is -0.142. The molecule has 0 saturated heterocycles. The van der Waals surface area contributed by atoms with Crippen LogP contribution in [0.5, 0.6) is 11.5 Å². The first-order chi connectivity index (χ1) is 18.7. The van der Waals surface area contributed by atoms with E-state index >= 15 is 0 Å². The number of halogens is 1. The second kappa shape index (κ2) is 11.6. The highest BCUT2D eigenvalue weighted by molar-refractivity contribution is 6.08. The van der Waals surface area contributed by atoms with Crippen LogP contribution in [-0.2, 0) is 16.8 Å². The van der Waals surface area contributed by atoms with Gasteiger partial charge in [0, 0.05) is 30.3 Å². The minimum Gasteiger partial charge on any atom is -0.493 e. The normalized spacial score (nSPS) is 14.5. The lowest BCUT2D eigenvalue weighted by Crippen LogP contribution is -2.53. The number of hydrogen-bond donors (Lipinski definition) is 3. The first-order valence-electron chi connectivity index (χ1n) is 13.4. The van der Waals surface area contributed by atoms with E-state index in [0.717, 1.165) is 11.1 Å². The molecule has 2 aromatic carbocycles. The van der Waals surface area contributed by atoms with E-state index in [0.29, 0.717) is 60.2 Å². The summed E-state index contributed by atoms with van der Waals surface area (Å²) < 4.78 is 11.7. The van der Waals surface area contributed by atoms with Gasteiger partial charge in [0.2, 0.25) is 0 Å². The number of amidine groups is 1. The van der Waals surface area contributed by atoms with Crippen molar-refractivity contribution >= 4 is 41.6 Å². The molecule has 4 rings (SSSR count). The van der Waals surface area contributed by atoms with Crippen molar-refractivity contribution in [3.8, 4) is 11.5 Å². The van der Waals surface area contributed by atoms with Gasteiger partial charge in [0.1, 0.15) is 29.5 Å². The van der Waals surface area contributed by atoms with Gasteiger partial charge in [0.25, 0.3) is 5.91 Å². The Morgan fingerprint density at radius 3 is 2.39 bits per heavy atom. The summed E-state index contributed by atoms with van der Waals surface area (Å²) in [5.41, 5.74) is 1.95. The number of amides is 1. The number of carbonyl (C=O) groups is 3. The van der Waals surface area contributed by atoms with Gasteiger partial charge in [-0.1, -0.05) is 20.8 Å². The van der Waals surface area contributed by atoms with E-state index in [1.54, 1.807) is 41.8 Å². The summed E-state index contributed by atoms with van der Waals surface area (Å²) in [7, 11) is 1.54. The molecule has 0 saturated carbocycles. The summed E-state index contributed by atoms with van der Waals surface area (Å²) in [6.45, 7) is 12.5. The van der Waals surface area contributed by atoms with E-state index in [-0.39, 0.29) is 41.9 Å². The third-order valence-electron chi connectivity index (χ3n) is 7.49. The summed E-state index contributed by atoms with van der Waals surface area (Å²) >= 11 is 0. The van der Waals surface area contributed by atoms with Gasteiger partial charge in [-0.15, -0.1) is 12.4 Å². The number of carbonyl (C=O) groups excluding carboxylic acids is 2. The van der Waals surface area contributed by atoms with Gasteiger partial charge in [-0.05, 0) is 56.0 Å². The van der Waals surface area contributed by atoms with Crippen molar-refractivity contribution in [2.75, 3.05) is 38.3 Å². The van der Waals surface area contributed by atoms with Gasteiger partial charge in [0.15, 0.2) is 5.78 Å². The van der Waals surface area contributed by atoms with E-state index in [4.69, 9.17) is 14.9 Å². The largest absolute Gasteiger partial charge is 0.493 e. The molecule has 2 aromatic rings. The maximum absolute atomic E-state index is 13.7.